The number of benzene rings is 1. The van der Waals surface area contributed by atoms with Gasteiger partial charge in [-0.1, -0.05) is 12.2 Å². The lowest BCUT2D eigenvalue weighted by Crippen LogP contribution is -2.54. The number of carbonyl (C=O) groups excluding carboxylic acids is 3. The summed E-state index contributed by atoms with van der Waals surface area (Å²) in [7, 11) is 4.31. The molecular weight excluding hydrogens is 452 g/mol. The Kier molecular flexibility index (Phi) is 11.8. The molecule has 1 aromatic carbocycles. The number of rotatable bonds is 13. The molecule has 2 atom stereocenters. The number of nitrogens with one attached hydrogen (secondary N) is 1. The quantitative estimate of drug-likeness (QED) is 0.329. The molecule has 35 heavy (non-hydrogen) atoms. The van der Waals surface area contributed by atoms with E-state index in [4.69, 9.17) is 18.9 Å². The van der Waals surface area contributed by atoms with Gasteiger partial charge in [-0.2, -0.15) is 0 Å². The molecule has 0 unspecified atom stereocenters. The smallest absolute Gasteiger partial charge is 0.408 e. The highest BCUT2D eigenvalue weighted by atomic mass is 16.6. The third kappa shape index (κ3) is 9.35. The van der Waals surface area contributed by atoms with Crippen LogP contribution in [-0.2, 0) is 25.6 Å². The number of allylic oxidation sites excluding steroid dienone is 1. The molecule has 0 aromatic heterocycles. The average Bonchev–Trinajstić information content (AvgIpc) is 2.81. The van der Waals surface area contributed by atoms with Gasteiger partial charge in [0.1, 0.15) is 29.2 Å². The topological polar surface area (TPSA) is 103 Å². The molecule has 0 saturated carbocycles. The van der Waals surface area contributed by atoms with Gasteiger partial charge < -0.3 is 29.2 Å². The average molecular weight is 491 g/mol. The number of hydrogen-bond donors (Lipinski definition) is 1. The fraction of sp³-hybridized carbons (Fsp3) is 0.500. The van der Waals surface area contributed by atoms with Crippen LogP contribution in [0.3, 0.4) is 0 Å². The van der Waals surface area contributed by atoms with Crippen LogP contribution in [0.2, 0.25) is 0 Å². The standard InChI is InChI=1S/C26H38N2O7/c1-9-11-13-21(24(30)34-8)28(17-18-14-15-19(32-6)16-22(18)33-7)23(29)20(12-10-2)27-25(31)35-26(3,4)5/h9-10,14-16,20-21H,1-2,11-13,17H2,3-8H3,(H,27,31)/t20-,21-/m0/s1. The van der Waals surface area contributed by atoms with Crippen molar-refractivity contribution in [3.8, 4) is 11.5 Å². The zero-order valence-corrected chi connectivity index (χ0v) is 21.6. The van der Waals surface area contributed by atoms with Crippen molar-refractivity contribution in [3.05, 3.63) is 49.1 Å². The van der Waals surface area contributed by atoms with Gasteiger partial charge in [0.05, 0.1) is 27.9 Å². The minimum Gasteiger partial charge on any atom is -0.497 e. The number of nitrogens with zero attached hydrogens (tertiary/aromatic N) is 1. The molecule has 0 radical (unpaired) electrons. The van der Waals surface area contributed by atoms with Crippen molar-refractivity contribution in [1.29, 1.82) is 0 Å². The molecule has 9 heteroatoms. The molecule has 1 N–H and O–H groups in total. The maximum absolute atomic E-state index is 13.8. The van der Waals surface area contributed by atoms with Gasteiger partial charge in [-0.25, -0.2) is 9.59 Å². The van der Waals surface area contributed by atoms with Crippen LogP contribution in [0.5, 0.6) is 11.5 Å². The Bertz CT molecular complexity index is 892. The molecule has 0 aliphatic rings. The third-order valence-corrected chi connectivity index (χ3v) is 5.00. The molecule has 0 aliphatic heterocycles. The van der Waals surface area contributed by atoms with Crippen LogP contribution in [0.15, 0.2) is 43.5 Å². The van der Waals surface area contributed by atoms with E-state index < -0.39 is 35.7 Å². The summed E-state index contributed by atoms with van der Waals surface area (Å²) in [6, 6.07) is 3.24. The summed E-state index contributed by atoms with van der Waals surface area (Å²) < 4.78 is 21.1. The van der Waals surface area contributed by atoms with Crippen LogP contribution in [0.4, 0.5) is 4.79 Å². The number of carbonyl (C=O) groups is 3. The van der Waals surface area contributed by atoms with Gasteiger partial charge >= 0.3 is 12.1 Å². The Balaban J connectivity index is 3.45. The molecular formula is C26H38N2O7. The zero-order valence-electron chi connectivity index (χ0n) is 21.6. The van der Waals surface area contributed by atoms with E-state index in [1.54, 1.807) is 45.0 Å². The van der Waals surface area contributed by atoms with E-state index in [9.17, 15) is 14.4 Å². The molecule has 0 bridgehead atoms. The SMILES string of the molecule is C=CCC[C@@H](C(=O)OC)N(Cc1ccc(OC)cc1OC)C(=O)[C@H](CC=C)NC(=O)OC(C)(C)C. The number of esters is 1. The fourth-order valence-electron chi connectivity index (χ4n) is 3.36. The summed E-state index contributed by atoms with van der Waals surface area (Å²) in [5.41, 5.74) is -0.107. The van der Waals surface area contributed by atoms with E-state index in [1.165, 1.54) is 32.3 Å². The van der Waals surface area contributed by atoms with Crippen molar-refractivity contribution < 1.29 is 33.3 Å². The number of ether oxygens (including phenoxy) is 4. The van der Waals surface area contributed by atoms with Crippen molar-refractivity contribution in [2.45, 2.75) is 64.3 Å². The van der Waals surface area contributed by atoms with Crippen molar-refractivity contribution in [3.63, 3.8) is 0 Å². The predicted octanol–water partition coefficient (Wildman–Crippen LogP) is 4.01. The number of methoxy groups -OCH3 is 3. The van der Waals surface area contributed by atoms with Crippen molar-refractivity contribution in [1.82, 2.24) is 10.2 Å². The van der Waals surface area contributed by atoms with Crippen molar-refractivity contribution in [2.24, 2.45) is 0 Å². The monoisotopic (exact) mass is 490 g/mol. The van der Waals surface area contributed by atoms with E-state index in [-0.39, 0.29) is 19.4 Å². The van der Waals surface area contributed by atoms with E-state index in [2.05, 4.69) is 18.5 Å². The summed E-state index contributed by atoms with van der Waals surface area (Å²) in [6.07, 6.45) is 3.31. The second-order valence-corrected chi connectivity index (χ2v) is 8.77. The summed E-state index contributed by atoms with van der Waals surface area (Å²) in [5.74, 6) is -0.0129. The molecule has 2 amide bonds. The van der Waals surface area contributed by atoms with Gasteiger partial charge in [0.25, 0.3) is 0 Å². The van der Waals surface area contributed by atoms with E-state index in [0.717, 1.165) is 0 Å². The van der Waals surface area contributed by atoms with E-state index >= 15 is 0 Å². The maximum atomic E-state index is 13.8. The third-order valence-electron chi connectivity index (χ3n) is 5.00. The zero-order chi connectivity index (χ0) is 26.6. The fourth-order valence-corrected chi connectivity index (χ4v) is 3.36. The molecule has 9 nitrogen and oxygen atoms in total. The minimum absolute atomic E-state index is 0.0204. The van der Waals surface area contributed by atoms with Gasteiger partial charge in [-0.15, -0.1) is 13.2 Å². The first-order valence-corrected chi connectivity index (χ1v) is 11.3. The Morgan fingerprint density at radius 3 is 2.29 bits per heavy atom. The predicted molar refractivity (Wildman–Crippen MR) is 133 cm³/mol. The number of amides is 2. The van der Waals surface area contributed by atoms with Gasteiger partial charge in [0.15, 0.2) is 0 Å². The molecule has 1 aromatic rings. The minimum atomic E-state index is -1.01. The van der Waals surface area contributed by atoms with Gasteiger partial charge in [0.2, 0.25) is 5.91 Å². The lowest BCUT2D eigenvalue weighted by atomic mass is 10.0. The normalized spacial score (nSPS) is 12.5. The van der Waals surface area contributed by atoms with Crippen molar-refractivity contribution in [2.75, 3.05) is 21.3 Å². The van der Waals surface area contributed by atoms with Crippen LogP contribution in [-0.4, -0.2) is 61.9 Å². The van der Waals surface area contributed by atoms with Crippen LogP contribution < -0.4 is 14.8 Å². The molecule has 194 valence electrons. The highest BCUT2D eigenvalue weighted by Crippen LogP contribution is 2.27. The second kappa shape index (κ2) is 14.0. The van der Waals surface area contributed by atoms with Gasteiger partial charge in [-0.3, -0.25) is 4.79 Å². The highest BCUT2D eigenvalue weighted by molar-refractivity contribution is 5.90. The Labute approximate surface area is 208 Å². The molecule has 1 rings (SSSR count). The Morgan fingerprint density at radius 1 is 1.09 bits per heavy atom. The molecule has 0 saturated heterocycles. The first kappa shape index (κ1) is 29.5. The molecule has 0 spiro atoms. The summed E-state index contributed by atoms with van der Waals surface area (Å²) in [6.45, 7) is 12.6. The van der Waals surface area contributed by atoms with Crippen LogP contribution in [0.25, 0.3) is 0 Å². The van der Waals surface area contributed by atoms with Crippen LogP contribution in [0, 0.1) is 0 Å². The summed E-state index contributed by atoms with van der Waals surface area (Å²) in [5, 5.41) is 2.61. The second-order valence-electron chi connectivity index (χ2n) is 8.77. The Hall–Kier alpha value is -3.49. The van der Waals surface area contributed by atoms with Gasteiger partial charge in [-0.05, 0) is 52.2 Å². The van der Waals surface area contributed by atoms with E-state index in [1.807, 2.05) is 0 Å². The molecule has 0 aliphatic carbocycles. The van der Waals surface area contributed by atoms with Gasteiger partial charge in [0, 0.05) is 11.6 Å². The largest absolute Gasteiger partial charge is 0.497 e. The lowest BCUT2D eigenvalue weighted by molar-refractivity contribution is -0.154. The summed E-state index contributed by atoms with van der Waals surface area (Å²) >= 11 is 0. The Morgan fingerprint density at radius 2 is 1.77 bits per heavy atom. The maximum Gasteiger partial charge on any atom is 0.408 e. The summed E-state index contributed by atoms with van der Waals surface area (Å²) in [4.78, 5) is 40.4. The molecule has 0 heterocycles. The van der Waals surface area contributed by atoms with Crippen LogP contribution in [0.1, 0.15) is 45.6 Å². The van der Waals surface area contributed by atoms with Crippen molar-refractivity contribution >= 4 is 18.0 Å². The first-order valence-electron chi connectivity index (χ1n) is 11.3. The number of alkyl carbamates (subject to hydrolysis) is 1. The molecule has 0 fully saturated rings. The highest BCUT2D eigenvalue weighted by Gasteiger charge is 2.35. The van der Waals surface area contributed by atoms with E-state index in [0.29, 0.717) is 23.5 Å². The first-order chi connectivity index (χ1) is 16.5. The lowest BCUT2D eigenvalue weighted by Gasteiger charge is -2.33. The van der Waals surface area contributed by atoms with Crippen LogP contribution >= 0.6 is 0 Å². The number of hydrogen-bond acceptors (Lipinski definition) is 7.